The molecule has 0 saturated heterocycles. The van der Waals surface area contributed by atoms with Crippen LogP contribution in [0.3, 0.4) is 0 Å². The SMILES string of the molecule is Cc1cc(C#N)c(C(O)C(=O)O)cc1C=O. The molecule has 0 aliphatic rings. The van der Waals surface area contributed by atoms with Gasteiger partial charge in [-0.15, -0.1) is 0 Å². The zero-order valence-corrected chi connectivity index (χ0v) is 8.47. The lowest BCUT2D eigenvalue weighted by Gasteiger charge is -2.10. The number of aldehydes is 1. The van der Waals surface area contributed by atoms with Gasteiger partial charge < -0.3 is 10.2 Å². The number of carbonyl (C=O) groups excluding carboxylic acids is 1. The van der Waals surface area contributed by atoms with E-state index in [2.05, 4.69) is 0 Å². The zero-order valence-electron chi connectivity index (χ0n) is 8.47. The molecule has 16 heavy (non-hydrogen) atoms. The predicted octanol–water partition coefficient (Wildman–Crippen LogP) is 0.797. The van der Waals surface area contributed by atoms with Crippen LogP contribution in [0.4, 0.5) is 0 Å². The first-order chi connectivity index (χ1) is 7.51. The van der Waals surface area contributed by atoms with Crippen LogP contribution < -0.4 is 0 Å². The molecule has 1 aromatic carbocycles. The van der Waals surface area contributed by atoms with E-state index in [0.29, 0.717) is 11.8 Å². The van der Waals surface area contributed by atoms with Gasteiger partial charge >= 0.3 is 5.97 Å². The van der Waals surface area contributed by atoms with Gasteiger partial charge in [-0.2, -0.15) is 5.26 Å². The number of nitriles is 1. The molecule has 1 aromatic rings. The summed E-state index contributed by atoms with van der Waals surface area (Å²) in [6.07, 6.45) is -1.25. The van der Waals surface area contributed by atoms with Crippen LogP contribution in [0.1, 0.15) is 33.2 Å². The molecule has 82 valence electrons. The molecule has 0 fully saturated rings. The first-order valence-electron chi connectivity index (χ1n) is 4.42. The Hall–Kier alpha value is -2.19. The first-order valence-corrected chi connectivity index (χ1v) is 4.42. The van der Waals surface area contributed by atoms with Gasteiger partial charge in [0.05, 0.1) is 11.6 Å². The highest BCUT2D eigenvalue weighted by atomic mass is 16.4. The molecular weight excluding hydrogens is 210 g/mol. The summed E-state index contributed by atoms with van der Waals surface area (Å²) in [7, 11) is 0. The molecule has 1 rings (SSSR count). The molecule has 0 aliphatic heterocycles. The van der Waals surface area contributed by atoms with Crippen molar-refractivity contribution in [1.29, 1.82) is 5.26 Å². The van der Waals surface area contributed by atoms with Gasteiger partial charge in [0.2, 0.25) is 0 Å². The Labute approximate surface area is 91.6 Å². The van der Waals surface area contributed by atoms with Crippen molar-refractivity contribution in [2.24, 2.45) is 0 Å². The van der Waals surface area contributed by atoms with Crippen LogP contribution in [-0.2, 0) is 4.79 Å². The van der Waals surface area contributed by atoms with Crippen molar-refractivity contribution in [1.82, 2.24) is 0 Å². The lowest BCUT2D eigenvalue weighted by molar-refractivity contribution is -0.146. The number of nitrogens with zero attached hydrogens (tertiary/aromatic N) is 1. The molecule has 0 aromatic heterocycles. The number of hydrogen-bond acceptors (Lipinski definition) is 4. The summed E-state index contributed by atoms with van der Waals surface area (Å²) in [5, 5.41) is 26.8. The molecule has 0 spiro atoms. The topological polar surface area (TPSA) is 98.4 Å². The number of carboxylic acids is 1. The maximum atomic E-state index is 10.7. The molecule has 5 heteroatoms. The normalized spacial score (nSPS) is 11.6. The van der Waals surface area contributed by atoms with Crippen LogP contribution in [0.2, 0.25) is 0 Å². The molecule has 5 nitrogen and oxygen atoms in total. The monoisotopic (exact) mass is 219 g/mol. The van der Waals surface area contributed by atoms with Crippen LogP contribution in [-0.4, -0.2) is 22.5 Å². The minimum atomic E-state index is -1.80. The molecule has 0 heterocycles. The van der Waals surface area contributed by atoms with E-state index in [1.54, 1.807) is 13.0 Å². The van der Waals surface area contributed by atoms with Gasteiger partial charge in [0.25, 0.3) is 0 Å². The Balaban J connectivity index is 3.43. The highest BCUT2D eigenvalue weighted by Gasteiger charge is 2.20. The third kappa shape index (κ3) is 2.07. The van der Waals surface area contributed by atoms with Gasteiger partial charge in [0.15, 0.2) is 6.10 Å². The molecule has 2 N–H and O–H groups in total. The van der Waals surface area contributed by atoms with Crippen molar-refractivity contribution in [3.63, 3.8) is 0 Å². The lowest BCUT2D eigenvalue weighted by atomic mass is 9.97. The standard InChI is InChI=1S/C11H9NO4/c1-6-2-7(4-12)9(3-8(6)5-13)10(14)11(15)16/h2-3,5,10,14H,1H3,(H,15,16). The number of aliphatic hydroxyl groups excluding tert-OH is 1. The van der Waals surface area contributed by atoms with Crippen molar-refractivity contribution >= 4 is 12.3 Å². The number of aryl methyl sites for hydroxylation is 1. The molecule has 0 aliphatic carbocycles. The summed E-state index contributed by atoms with van der Waals surface area (Å²) in [6, 6.07) is 4.39. The van der Waals surface area contributed by atoms with E-state index in [9.17, 15) is 14.7 Å². The minimum absolute atomic E-state index is 0.0537. The Morgan fingerprint density at radius 2 is 2.19 bits per heavy atom. The minimum Gasteiger partial charge on any atom is -0.479 e. The Bertz CT molecular complexity index is 487. The summed E-state index contributed by atoms with van der Waals surface area (Å²) < 4.78 is 0. The quantitative estimate of drug-likeness (QED) is 0.732. The second-order valence-electron chi connectivity index (χ2n) is 3.27. The van der Waals surface area contributed by atoms with Crippen molar-refractivity contribution in [3.05, 3.63) is 34.4 Å². The van der Waals surface area contributed by atoms with E-state index >= 15 is 0 Å². The Morgan fingerprint density at radius 3 is 2.62 bits per heavy atom. The fraction of sp³-hybridized carbons (Fsp3) is 0.182. The summed E-state index contributed by atoms with van der Waals surface area (Å²) in [5.41, 5.74) is 0.808. The Kier molecular flexibility index (Phi) is 3.38. The molecule has 1 unspecified atom stereocenters. The second-order valence-corrected chi connectivity index (χ2v) is 3.27. The fourth-order valence-electron chi connectivity index (χ4n) is 1.33. The summed E-state index contributed by atoms with van der Waals surface area (Å²) >= 11 is 0. The molecule has 0 saturated carbocycles. The van der Waals surface area contributed by atoms with Crippen LogP contribution in [0.5, 0.6) is 0 Å². The van der Waals surface area contributed by atoms with E-state index in [-0.39, 0.29) is 16.7 Å². The van der Waals surface area contributed by atoms with Crippen molar-refractivity contribution in [2.45, 2.75) is 13.0 Å². The van der Waals surface area contributed by atoms with Gasteiger partial charge in [-0.05, 0) is 24.6 Å². The maximum absolute atomic E-state index is 10.7. The third-order valence-electron chi connectivity index (χ3n) is 2.21. The van der Waals surface area contributed by atoms with Crippen molar-refractivity contribution < 1.29 is 19.8 Å². The van der Waals surface area contributed by atoms with Crippen LogP contribution >= 0.6 is 0 Å². The number of carboxylic acid groups (broad SMARTS) is 1. The highest BCUT2D eigenvalue weighted by Crippen LogP contribution is 2.21. The fourth-order valence-corrected chi connectivity index (χ4v) is 1.33. The lowest BCUT2D eigenvalue weighted by Crippen LogP contribution is -2.13. The number of benzene rings is 1. The number of carbonyl (C=O) groups is 2. The number of aliphatic carboxylic acids is 1. The summed E-state index contributed by atoms with van der Waals surface area (Å²) in [5.74, 6) is -1.46. The summed E-state index contributed by atoms with van der Waals surface area (Å²) in [6.45, 7) is 1.63. The third-order valence-corrected chi connectivity index (χ3v) is 2.21. The average Bonchev–Trinajstić information content (AvgIpc) is 2.27. The van der Waals surface area contributed by atoms with Gasteiger partial charge in [0, 0.05) is 11.1 Å². The van der Waals surface area contributed by atoms with Gasteiger partial charge in [-0.3, -0.25) is 4.79 Å². The van der Waals surface area contributed by atoms with Crippen LogP contribution in [0, 0.1) is 18.3 Å². The average molecular weight is 219 g/mol. The van der Waals surface area contributed by atoms with E-state index in [4.69, 9.17) is 10.4 Å². The van der Waals surface area contributed by atoms with E-state index in [1.165, 1.54) is 12.1 Å². The van der Waals surface area contributed by atoms with Crippen LogP contribution in [0.25, 0.3) is 0 Å². The smallest absolute Gasteiger partial charge is 0.337 e. The van der Waals surface area contributed by atoms with E-state index in [0.717, 1.165) is 0 Å². The summed E-state index contributed by atoms with van der Waals surface area (Å²) in [4.78, 5) is 21.3. The van der Waals surface area contributed by atoms with Gasteiger partial charge in [-0.25, -0.2) is 4.79 Å². The number of hydrogen-bond donors (Lipinski definition) is 2. The van der Waals surface area contributed by atoms with E-state index < -0.39 is 12.1 Å². The molecule has 1 atom stereocenters. The maximum Gasteiger partial charge on any atom is 0.337 e. The highest BCUT2D eigenvalue weighted by molar-refractivity contribution is 5.81. The number of aliphatic hydroxyl groups is 1. The van der Waals surface area contributed by atoms with Gasteiger partial charge in [-0.1, -0.05) is 0 Å². The molecule has 0 bridgehead atoms. The largest absolute Gasteiger partial charge is 0.479 e. The number of rotatable bonds is 3. The Morgan fingerprint density at radius 1 is 1.56 bits per heavy atom. The molecule has 0 amide bonds. The van der Waals surface area contributed by atoms with Gasteiger partial charge in [0.1, 0.15) is 6.29 Å². The van der Waals surface area contributed by atoms with Crippen molar-refractivity contribution in [3.8, 4) is 6.07 Å². The second kappa shape index (κ2) is 4.55. The van der Waals surface area contributed by atoms with E-state index in [1.807, 2.05) is 0 Å². The van der Waals surface area contributed by atoms with Crippen molar-refractivity contribution in [2.75, 3.05) is 0 Å². The van der Waals surface area contributed by atoms with Crippen LogP contribution in [0.15, 0.2) is 12.1 Å². The molecular formula is C11H9NO4. The molecule has 0 radical (unpaired) electrons. The first kappa shape index (κ1) is 11.9. The predicted molar refractivity (Wildman–Crippen MR) is 53.9 cm³/mol. The zero-order chi connectivity index (χ0) is 12.3.